The average Bonchev–Trinajstić information content (AvgIpc) is 3.00. The number of nitrogens with zero attached hydrogens (tertiary/aromatic N) is 2. The van der Waals surface area contributed by atoms with Crippen LogP contribution in [0.25, 0.3) is 0 Å². The van der Waals surface area contributed by atoms with E-state index in [1.54, 1.807) is 0 Å². The van der Waals surface area contributed by atoms with Crippen LogP contribution in [0.15, 0.2) is 18.2 Å². The molecular weight excluding hydrogens is 444 g/mol. The molecule has 0 unspecified atom stereocenters. The fraction of sp³-hybridized carbons (Fsp3) is 0.600. The number of amides is 2. The monoisotopic (exact) mass is 467 g/mol. The molecule has 0 aromatic heterocycles. The van der Waals surface area contributed by atoms with Gasteiger partial charge in [0, 0.05) is 43.8 Å². The van der Waals surface area contributed by atoms with Crippen molar-refractivity contribution in [1.82, 2.24) is 15.1 Å². The molecule has 1 aromatic carbocycles. The lowest BCUT2D eigenvalue weighted by atomic mass is 10.0. The second-order valence-corrected chi connectivity index (χ2v) is 8.10. The summed E-state index contributed by atoms with van der Waals surface area (Å²) in [5.41, 5.74) is -3.77. The van der Waals surface area contributed by atoms with Gasteiger partial charge in [0.05, 0.1) is 11.1 Å². The first-order valence-corrected chi connectivity index (χ1v) is 10.2. The Labute approximate surface area is 180 Å². The minimum atomic E-state index is -5.02. The highest BCUT2D eigenvalue weighted by molar-refractivity contribution is 5.95. The van der Waals surface area contributed by atoms with Gasteiger partial charge >= 0.3 is 18.4 Å². The molecule has 12 heteroatoms. The normalized spacial score (nSPS) is 23.1. The molecule has 2 heterocycles. The Morgan fingerprint density at radius 3 is 2.09 bits per heavy atom. The number of hydrogen-bond acceptors (Lipinski definition) is 3. The summed E-state index contributed by atoms with van der Waals surface area (Å²) in [6.45, 7) is 1.82. The van der Waals surface area contributed by atoms with Crippen LogP contribution in [0.2, 0.25) is 0 Å². The molecular formula is C20H23F6N3O3. The molecule has 0 saturated carbocycles. The van der Waals surface area contributed by atoms with Crippen molar-refractivity contribution in [1.29, 1.82) is 0 Å². The van der Waals surface area contributed by atoms with E-state index < -0.39 is 47.1 Å². The highest BCUT2D eigenvalue weighted by atomic mass is 19.4. The Balaban J connectivity index is 1.66. The van der Waals surface area contributed by atoms with Crippen molar-refractivity contribution in [2.45, 2.75) is 50.1 Å². The highest BCUT2D eigenvalue weighted by Crippen LogP contribution is 2.36. The molecule has 0 bridgehead atoms. The van der Waals surface area contributed by atoms with E-state index in [0.717, 1.165) is 6.42 Å². The van der Waals surface area contributed by atoms with Crippen LogP contribution in [0, 0.1) is 0 Å². The Kier molecular flexibility index (Phi) is 6.91. The van der Waals surface area contributed by atoms with Crippen molar-refractivity contribution in [2.75, 3.05) is 26.2 Å². The van der Waals surface area contributed by atoms with Crippen molar-refractivity contribution in [2.24, 2.45) is 0 Å². The largest absolute Gasteiger partial charge is 0.465 e. The molecule has 32 heavy (non-hydrogen) atoms. The van der Waals surface area contributed by atoms with Gasteiger partial charge in [-0.15, -0.1) is 0 Å². The lowest BCUT2D eigenvalue weighted by Crippen LogP contribution is -2.40. The standard InChI is InChI=1S/C20H23F6N3O3/c21-19(22,23)13-8-12(9-14(10-13)20(24,25)26)17(30)27-15-3-6-29(11-15)16-2-1-5-28(7-4-16)18(31)32/h8-10,15-16H,1-7,11H2,(H,27,30)(H,31,32)/t15-,16-/m1/s1. The smallest absolute Gasteiger partial charge is 0.416 e. The Hall–Kier alpha value is -2.50. The van der Waals surface area contributed by atoms with Crippen molar-refractivity contribution in [3.05, 3.63) is 34.9 Å². The maximum atomic E-state index is 13.0. The van der Waals surface area contributed by atoms with Crippen LogP contribution in [0.5, 0.6) is 0 Å². The number of benzene rings is 1. The molecule has 0 spiro atoms. The first-order valence-electron chi connectivity index (χ1n) is 10.2. The minimum absolute atomic E-state index is 0.0133. The zero-order valence-corrected chi connectivity index (χ0v) is 17.0. The van der Waals surface area contributed by atoms with E-state index >= 15 is 0 Å². The van der Waals surface area contributed by atoms with Crippen LogP contribution in [-0.2, 0) is 12.4 Å². The van der Waals surface area contributed by atoms with Gasteiger partial charge in [0.1, 0.15) is 0 Å². The number of hydrogen-bond donors (Lipinski definition) is 2. The molecule has 1 aromatic rings. The van der Waals surface area contributed by atoms with Gasteiger partial charge in [-0.25, -0.2) is 4.79 Å². The number of nitrogens with one attached hydrogen (secondary N) is 1. The molecule has 2 amide bonds. The topological polar surface area (TPSA) is 72.9 Å². The molecule has 2 saturated heterocycles. The quantitative estimate of drug-likeness (QED) is 0.658. The van der Waals surface area contributed by atoms with Gasteiger partial charge in [-0.05, 0) is 43.9 Å². The third-order valence-electron chi connectivity index (χ3n) is 5.89. The molecule has 2 aliphatic rings. The number of carboxylic acid groups (broad SMARTS) is 1. The number of alkyl halides is 6. The summed E-state index contributed by atoms with van der Waals surface area (Å²) in [5, 5.41) is 11.7. The first-order chi connectivity index (χ1) is 14.8. The molecule has 2 N–H and O–H groups in total. The molecule has 6 nitrogen and oxygen atoms in total. The number of likely N-dealkylation sites (tertiary alicyclic amines) is 2. The summed E-state index contributed by atoms with van der Waals surface area (Å²) >= 11 is 0. The minimum Gasteiger partial charge on any atom is -0.465 e. The molecule has 3 rings (SSSR count). The molecule has 2 aliphatic heterocycles. The van der Waals surface area contributed by atoms with Gasteiger partial charge in [0.25, 0.3) is 5.91 Å². The Morgan fingerprint density at radius 2 is 1.53 bits per heavy atom. The second kappa shape index (κ2) is 9.16. The third-order valence-corrected chi connectivity index (χ3v) is 5.89. The van der Waals surface area contributed by atoms with Crippen LogP contribution in [0.1, 0.15) is 47.2 Å². The summed E-state index contributed by atoms with van der Waals surface area (Å²) in [5.74, 6) is -0.994. The lowest BCUT2D eigenvalue weighted by Gasteiger charge is -2.26. The van der Waals surface area contributed by atoms with Crippen molar-refractivity contribution in [3.8, 4) is 0 Å². The fourth-order valence-electron chi connectivity index (χ4n) is 4.23. The van der Waals surface area contributed by atoms with Gasteiger partial charge in [0.15, 0.2) is 0 Å². The molecule has 0 radical (unpaired) electrons. The van der Waals surface area contributed by atoms with Crippen LogP contribution >= 0.6 is 0 Å². The highest BCUT2D eigenvalue weighted by Gasteiger charge is 2.38. The van der Waals surface area contributed by atoms with E-state index in [1.165, 1.54) is 4.90 Å². The summed E-state index contributed by atoms with van der Waals surface area (Å²) in [4.78, 5) is 27.1. The second-order valence-electron chi connectivity index (χ2n) is 8.10. The van der Waals surface area contributed by atoms with Gasteiger partial charge in [-0.2, -0.15) is 26.3 Å². The van der Waals surface area contributed by atoms with Gasteiger partial charge in [0.2, 0.25) is 0 Å². The predicted molar refractivity (Wildman–Crippen MR) is 101 cm³/mol. The van der Waals surface area contributed by atoms with E-state index in [4.69, 9.17) is 5.11 Å². The van der Waals surface area contributed by atoms with Gasteiger partial charge in [-0.1, -0.05) is 0 Å². The van der Waals surface area contributed by atoms with Gasteiger partial charge < -0.3 is 15.3 Å². The SMILES string of the molecule is O=C(N[C@@H]1CCN([C@@H]2CCCN(C(=O)O)CC2)C1)c1cc(C(F)(F)F)cc(C(F)(F)F)c1. The molecule has 0 aliphatic carbocycles. The van der Waals surface area contributed by atoms with Gasteiger partial charge in [-0.3, -0.25) is 9.69 Å². The third kappa shape index (κ3) is 5.84. The summed E-state index contributed by atoms with van der Waals surface area (Å²) in [6.07, 6.45) is -8.45. The van der Waals surface area contributed by atoms with E-state index in [0.29, 0.717) is 57.6 Å². The zero-order valence-electron chi connectivity index (χ0n) is 17.0. The average molecular weight is 467 g/mol. The number of carbonyl (C=O) groups is 2. The Bertz CT molecular complexity index is 826. The summed E-state index contributed by atoms with van der Waals surface area (Å²) in [6, 6.07) is 0.504. The molecule has 178 valence electrons. The van der Waals surface area contributed by atoms with E-state index in [-0.39, 0.29) is 12.1 Å². The zero-order chi connectivity index (χ0) is 23.7. The van der Waals surface area contributed by atoms with Crippen LogP contribution in [0.4, 0.5) is 31.1 Å². The van der Waals surface area contributed by atoms with Crippen molar-refractivity contribution >= 4 is 12.0 Å². The number of carbonyl (C=O) groups excluding carboxylic acids is 1. The maximum Gasteiger partial charge on any atom is 0.416 e. The van der Waals surface area contributed by atoms with Crippen molar-refractivity contribution in [3.63, 3.8) is 0 Å². The number of halogens is 6. The fourth-order valence-corrected chi connectivity index (χ4v) is 4.23. The first kappa shape index (κ1) is 24.1. The number of rotatable bonds is 3. The van der Waals surface area contributed by atoms with Crippen molar-refractivity contribution < 1.29 is 41.0 Å². The molecule has 2 fully saturated rings. The van der Waals surface area contributed by atoms with Crippen LogP contribution in [-0.4, -0.2) is 65.2 Å². The van der Waals surface area contributed by atoms with E-state index in [2.05, 4.69) is 10.2 Å². The van der Waals surface area contributed by atoms with Crippen LogP contribution in [0.3, 0.4) is 0 Å². The Morgan fingerprint density at radius 1 is 0.906 bits per heavy atom. The van der Waals surface area contributed by atoms with E-state index in [9.17, 15) is 35.9 Å². The van der Waals surface area contributed by atoms with Crippen LogP contribution < -0.4 is 5.32 Å². The summed E-state index contributed by atoms with van der Waals surface area (Å²) < 4.78 is 78.2. The molecule has 2 atom stereocenters. The lowest BCUT2D eigenvalue weighted by molar-refractivity contribution is -0.143. The summed E-state index contributed by atoms with van der Waals surface area (Å²) in [7, 11) is 0. The predicted octanol–water partition coefficient (Wildman–Crippen LogP) is 4.06. The van der Waals surface area contributed by atoms with E-state index in [1.807, 2.05) is 0 Å². The maximum absolute atomic E-state index is 13.0.